The Balaban J connectivity index is 2.06. The summed E-state index contributed by atoms with van der Waals surface area (Å²) in [5, 5.41) is 26.2. The van der Waals surface area contributed by atoms with Crippen LogP contribution in [0.25, 0.3) is 0 Å². The molecule has 0 spiro atoms. The van der Waals surface area contributed by atoms with Crippen LogP contribution < -0.4 is 5.32 Å². The van der Waals surface area contributed by atoms with Crippen molar-refractivity contribution in [2.45, 2.75) is 6.04 Å². The highest BCUT2D eigenvalue weighted by Crippen LogP contribution is 2.30. The largest absolute Gasteiger partial charge is 0.477 e. The van der Waals surface area contributed by atoms with Crippen LogP contribution in [0.3, 0.4) is 0 Å². The maximum atomic E-state index is 11.0. The van der Waals surface area contributed by atoms with Gasteiger partial charge in [-0.1, -0.05) is 0 Å². The van der Waals surface area contributed by atoms with Crippen molar-refractivity contribution in [1.29, 1.82) is 0 Å². The number of aliphatic carboxylic acids is 1. The van der Waals surface area contributed by atoms with Gasteiger partial charge in [0.05, 0.1) is 6.07 Å². The number of carbonyl (C=O) groups is 1. The second-order valence-electron chi connectivity index (χ2n) is 3.92. The standard InChI is InChI=1S/C10H7N5O5/c16-9(17)5-3-6(14-10(13-5)11-4-12-14)7-1-2-8(20-7)15(18)19/h1-4,6H,(H,16,17)(H,11,12,13)/t6-/m0/s1. The number of fused-ring (bicyclic) bond motifs is 1. The lowest BCUT2D eigenvalue weighted by atomic mass is 10.1. The molecule has 1 aliphatic rings. The molecule has 0 radical (unpaired) electrons. The van der Waals surface area contributed by atoms with Crippen LogP contribution in [-0.2, 0) is 4.79 Å². The highest BCUT2D eigenvalue weighted by Gasteiger charge is 2.28. The molecule has 0 amide bonds. The average molecular weight is 277 g/mol. The van der Waals surface area contributed by atoms with Crippen molar-refractivity contribution in [2.75, 3.05) is 5.32 Å². The smallest absolute Gasteiger partial charge is 0.433 e. The Morgan fingerprint density at radius 2 is 2.35 bits per heavy atom. The topological polar surface area (TPSA) is 136 Å². The van der Waals surface area contributed by atoms with Gasteiger partial charge in [0.25, 0.3) is 0 Å². The minimum atomic E-state index is -1.18. The molecule has 0 aromatic carbocycles. The third-order valence-corrected chi connectivity index (χ3v) is 2.72. The first kappa shape index (κ1) is 11.9. The van der Waals surface area contributed by atoms with Gasteiger partial charge in [-0.3, -0.25) is 10.1 Å². The number of carboxylic acids is 1. The van der Waals surface area contributed by atoms with E-state index in [-0.39, 0.29) is 17.4 Å². The van der Waals surface area contributed by atoms with Gasteiger partial charge >= 0.3 is 11.9 Å². The first-order valence-electron chi connectivity index (χ1n) is 5.42. The fourth-order valence-electron chi connectivity index (χ4n) is 1.86. The molecule has 20 heavy (non-hydrogen) atoms. The van der Waals surface area contributed by atoms with E-state index >= 15 is 0 Å². The summed E-state index contributed by atoms with van der Waals surface area (Å²) in [6, 6.07) is 1.88. The maximum Gasteiger partial charge on any atom is 0.433 e. The van der Waals surface area contributed by atoms with Gasteiger partial charge < -0.3 is 14.8 Å². The first-order valence-corrected chi connectivity index (χ1v) is 5.42. The number of anilines is 1. The number of nitrogens with zero attached hydrogens (tertiary/aromatic N) is 4. The van der Waals surface area contributed by atoms with Crippen LogP contribution in [0.1, 0.15) is 11.8 Å². The lowest BCUT2D eigenvalue weighted by Gasteiger charge is -2.20. The number of rotatable bonds is 3. The van der Waals surface area contributed by atoms with Crippen molar-refractivity contribution < 1.29 is 19.2 Å². The van der Waals surface area contributed by atoms with E-state index < -0.39 is 22.8 Å². The molecule has 1 aliphatic heterocycles. The summed E-state index contributed by atoms with van der Waals surface area (Å²) < 4.78 is 6.46. The Labute approximate surface area is 110 Å². The third kappa shape index (κ3) is 1.79. The number of aromatic nitrogens is 3. The normalized spacial score (nSPS) is 17.0. The van der Waals surface area contributed by atoms with Gasteiger partial charge in [-0.2, -0.15) is 10.1 Å². The van der Waals surface area contributed by atoms with Gasteiger partial charge in [0, 0.05) is 0 Å². The van der Waals surface area contributed by atoms with Crippen LogP contribution in [0.4, 0.5) is 11.8 Å². The van der Waals surface area contributed by atoms with E-state index in [9.17, 15) is 14.9 Å². The van der Waals surface area contributed by atoms with E-state index in [0.29, 0.717) is 0 Å². The SMILES string of the molecule is O=C(O)C1=C[C@@H](c2ccc([N+](=O)[O-])o2)n2ncnc2N1. The molecule has 3 rings (SSSR count). The fraction of sp³-hybridized carbons (Fsp3) is 0.100. The summed E-state index contributed by atoms with van der Waals surface area (Å²) in [6.45, 7) is 0. The summed E-state index contributed by atoms with van der Waals surface area (Å²) in [6.07, 6.45) is 2.58. The summed E-state index contributed by atoms with van der Waals surface area (Å²) in [4.78, 5) is 24.9. The molecule has 102 valence electrons. The Morgan fingerprint density at radius 3 is 3.00 bits per heavy atom. The van der Waals surface area contributed by atoms with Crippen molar-refractivity contribution >= 4 is 17.8 Å². The van der Waals surface area contributed by atoms with Gasteiger partial charge in [-0.15, -0.1) is 0 Å². The predicted octanol–water partition coefficient (Wildman–Crippen LogP) is 0.763. The van der Waals surface area contributed by atoms with Crippen molar-refractivity contribution in [3.63, 3.8) is 0 Å². The van der Waals surface area contributed by atoms with Gasteiger partial charge in [-0.05, 0) is 12.1 Å². The monoisotopic (exact) mass is 277 g/mol. The molecule has 2 aromatic rings. The zero-order valence-corrected chi connectivity index (χ0v) is 9.76. The second kappa shape index (κ2) is 4.19. The molecule has 0 saturated heterocycles. The average Bonchev–Trinajstić information content (AvgIpc) is 3.06. The van der Waals surface area contributed by atoms with Gasteiger partial charge in [-0.25, -0.2) is 9.48 Å². The molecule has 10 heteroatoms. The molecule has 0 aliphatic carbocycles. The quantitative estimate of drug-likeness (QED) is 0.619. The molecule has 10 nitrogen and oxygen atoms in total. The number of allylic oxidation sites excluding steroid dienone is 1. The molecule has 0 fully saturated rings. The minimum absolute atomic E-state index is 0.102. The molecule has 2 aromatic heterocycles. The van der Waals surface area contributed by atoms with Crippen molar-refractivity contribution in [3.8, 4) is 0 Å². The number of nitrogens with one attached hydrogen (secondary N) is 1. The van der Waals surface area contributed by atoms with E-state index in [1.807, 2.05) is 0 Å². The molecule has 0 unspecified atom stereocenters. The van der Waals surface area contributed by atoms with E-state index in [4.69, 9.17) is 9.52 Å². The third-order valence-electron chi connectivity index (χ3n) is 2.72. The van der Waals surface area contributed by atoms with Gasteiger partial charge in [0.2, 0.25) is 5.95 Å². The van der Waals surface area contributed by atoms with Crippen LogP contribution in [0.5, 0.6) is 0 Å². The highest BCUT2D eigenvalue weighted by molar-refractivity contribution is 5.90. The lowest BCUT2D eigenvalue weighted by molar-refractivity contribution is -0.402. The molecular formula is C10H7N5O5. The van der Waals surface area contributed by atoms with Gasteiger partial charge in [0.1, 0.15) is 28.7 Å². The van der Waals surface area contributed by atoms with Crippen molar-refractivity contribution in [1.82, 2.24) is 14.8 Å². The first-order chi connectivity index (χ1) is 9.56. The van der Waals surface area contributed by atoms with E-state index in [0.717, 1.165) is 0 Å². The Hall–Kier alpha value is -3.17. The van der Waals surface area contributed by atoms with E-state index in [1.54, 1.807) is 0 Å². The van der Waals surface area contributed by atoms with Crippen LogP contribution in [0.2, 0.25) is 0 Å². The Bertz CT molecular complexity index is 730. The number of carboxylic acid groups (broad SMARTS) is 1. The summed E-state index contributed by atoms with van der Waals surface area (Å²) in [7, 11) is 0. The molecule has 2 N–H and O–H groups in total. The van der Waals surface area contributed by atoms with Crippen LogP contribution >= 0.6 is 0 Å². The van der Waals surface area contributed by atoms with Crippen LogP contribution in [0.15, 0.2) is 34.7 Å². The Kier molecular flexibility index (Phi) is 2.49. The summed E-state index contributed by atoms with van der Waals surface area (Å²) in [5.41, 5.74) is -0.102. The highest BCUT2D eigenvalue weighted by atomic mass is 16.6. The molecular weight excluding hydrogens is 270 g/mol. The zero-order valence-electron chi connectivity index (χ0n) is 9.76. The molecule has 1 atom stereocenters. The summed E-state index contributed by atoms with van der Waals surface area (Å²) in [5.74, 6) is -1.19. The Morgan fingerprint density at radius 1 is 1.55 bits per heavy atom. The lowest BCUT2D eigenvalue weighted by Crippen LogP contribution is -2.24. The number of hydrogen-bond acceptors (Lipinski definition) is 7. The fourth-order valence-corrected chi connectivity index (χ4v) is 1.86. The summed E-state index contributed by atoms with van der Waals surface area (Å²) >= 11 is 0. The number of hydrogen-bond donors (Lipinski definition) is 2. The molecule has 0 saturated carbocycles. The minimum Gasteiger partial charge on any atom is -0.477 e. The molecule has 3 heterocycles. The zero-order chi connectivity index (χ0) is 14.3. The number of nitro groups is 1. The van der Waals surface area contributed by atoms with Crippen LogP contribution in [-0.4, -0.2) is 30.8 Å². The molecule has 0 bridgehead atoms. The van der Waals surface area contributed by atoms with E-state index in [1.165, 1.54) is 29.2 Å². The van der Waals surface area contributed by atoms with Gasteiger partial charge in [0.15, 0.2) is 0 Å². The number of furan rings is 1. The van der Waals surface area contributed by atoms with E-state index in [2.05, 4.69) is 15.4 Å². The van der Waals surface area contributed by atoms with Crippen LogP contribution in [0, 0.1) is 10.1 Å². The second-order valence-corrected chi connectivity index (χ2v) is 3.92. The van der Waals surface area contributed by atoms with Crippen molar-refractivity contribution in [2.24, 2.45) is 0 Å². The maximum absolute atomic E-state index is 11.0. The van der Waals surface area contributed by atoms with Crippen molar-refractivity contribution in [3.05, 3.63) is 46.1 Å². The predicted molar refractivity (Wildman–Crippen MR) is 62.9 cm³/mol.